The highest BCUT2D eigenvalue weighted by Gasteiger charge is 2.52. The average molecular weight is 532 g/mol. The van der Waals surface area contributed by atoms with Gasteiger partial charge in [0.05, 0.1) is 12.4 Å². The quantitative estimate of drug-likeness (QED) is 0.158. The van der Waals surface area contributed by atoms with Crippen molar-refractivity contribution in [1.82, 2.24) is 4.40 Å². The van der Waals surface area contributed by atoms with Gasteiger partial charge in [-0.05, 0) is 72.9 Å². The molecule has 0 saturated carbocycles. The molecule has 3 aromatic carbocycles. The molecule has 40 heavy (non-hydrogen) atoms. The number of benzene rings is 3. The molecule has 2 heteroatoms. The molecule has 208 valence electrons. The Bertz CT molecular complexity index is 1800. The van der Waals surface area contributed by atoms with Gasteiger partial charge in [-0.3, -0.25) is 0 Å². The summed E-state index contributed by atoms with van der Waals surface area (Å²) in [6.07, 6.45) is 2.21. The van der Waals surface area contributed by atoms with Crippen LogP contribution in [0.5, 0.6) is 0 Å². The van der Waals surface area contributed by atoms with Crippen LogP contribution in [0, 0.1) is 25.7 Å². The molecule has 1 aliphatic rings. The van der Waals surface area contributed by atoms with Crippen molar-refractivity contribution in [3.05, 3.63) is 82.0 Å². The normalized spacial score (nSPS) is 15.9. The van der Waals surface area contributed by atoms with Gasteiger partial charge in [0.15, 0.2) is 11.4 Å². The minimum Gasteiger partial charge on any atom is -0.225 e. The molecule has 0 fully saturated rings. The number of aryl methyl sites for hydroxylation is 3. The SMILES string of the molecule is Cc1ccc2c3cccc4c3n3c(c(-c5cc(CC(C)C)cc(CC(C)C)c5)[n+](C)c3c2c1C)C(C)(C)C4(C)C. The summed E-state index contributed by atoms with van der Waals surface area (Å²) in [5, 5.41) is 4.11. The van der Waals surface area contributed by atoms with Crippen LogP contribution in [0.3, 0.4) is 0 Å². The van der Waals surface area contributed by atoms with Crippen LogP contribution >= 0.6 is 0 Å². The van der Waals surface area contributed by atoms with E-state index >= 15 is 0 Å². The van der Waals surface area contributed by atoms with E-state index in [1.54, 1.807) is 0 Å². The number of imidazole rings is 1. The fraction of sp³-hybridized carbons (Fsp3) is 0.447. The minimum absolute atomic E-state index is 0.0424. The highest BCUT2D eigenvalue weighted by atomic mass is 15.1. The standard InChI is InChI=1S/C38H47N2/c1-22(2)17-26-19-27(18-23(3)4)21-28(20-26)33-35-38(9,10)37(7,8)31-14-12-13-30-29-16-15-24(5)25(6)32(29)36(39(33)11)40(35)34(30)31/h12-16,19-23H,17-18H2,1-11H3/q+1. The molecule has 0 saturated heterocycles. The molecule has 0 amide bonds. The third-order valence-corrected chi connectivity index (χ3v) is 10.3. The van der Waals surface area contributed by atoms with Crippen LogP contribution in [-0.2, 0) is 30.7 Å². The van der Waals surface area contributed by atoms with Crippen molar-refractivity contribution in [2.45, 2.75) is 92.9 Å². The van der Waals surface area contributed by atoms with E-state index in [4.69, 9.17) is 0 Å². The zero-order valence-corrected chi connectivity index (χ0v) is 26.6. The van der Waals surface area contributed by atoms with Crippen molar-refractivity contribution in [3.63, 3.8) is 0 Å². The predicted octanol–water partition coefficient (Wildman–Crippen LogP) is 9.32. The van der Waals surface area contributed by atoms with Crippen molar-refractivity contribution in [3.8, 4) is 11.3 Å². The molecule has 6 rings (SSSR count). The fourth-order valence-electron chi connectivity index (χ4n) is 7.57. The summed E-state index contributed by atoms with van der Waals surface area (Å²) < 4.78 is 5.20. The number of hydrogen-bond donors (Lipinski definition) is 0. The van der Waals surface area contributed by atoms with Gasteiger partial charge < -0.3 is 0 Å². The molecule has 0 spiro atoms. The second-order valence-corrected chi connectivity index (χ2v) is 14.5. The predicted molar refractivity (Wildman–Crippen MR) is 172 cm³/mol. The van der Waals surface area contributed by atoms with Gasteiger partial charge in [-0.25, -0.2) is 4.57 Å². The van der Waals surface area contributed by atoms with Gasteiger partial charge in [-0.15, -0.1) is 0 Å². The number of para-hydroxylation sites is 1. The Morgan fingerprint density at radius 2 is 1.40 bits per heavy atom. The molecule has 0 N–H and O–H groups in total. The summed E-state index contributed by atoms with van der Waals surface area (Å²) in [5.41, 5.74) is 13.9. The smallest absolute Gasteiger partial charge is 0.225 e. The number of hydrogen-bond acceptors (Lipinski definition) is 0. The molecule has 2 nitrogen and oxygen atoms in total. The maximum absolute atomic E-state index is 2.66. The Morgan fingerprint density at radius 3 is 2.00 bits per heavy atom. The number of fused-ring (bicyclic) bond motifs is 3. The van der Waals surface area contributed by atoms with Crippen LogP contribution in [0.15, 0.2) is 48.5 Å². The minimum atomic E-state index is -0.0918. The Labute approximate surface area is 241 Å². The largest absolute Gasteiger partial charge is 0.295 e. The first kappa shape index (κ1) is 27.1. The fourth-order valence-corrected chi connectivity index (χ4v) is 7.57. The van der Waals surface area contributed by atoms with E-state index in [1.807, 2.05) is 0 Å². The average Bonchev–Trinajstić information content (AvgIpc) is 3.17. The maximum atomic E-state index is 2.66. The summed E-state index contributed by atoms with van der Waals surface area (Å²) in [6, 6.07) is 19.1. The van der Waals surface area contributed by atoms with Gasteiger partial charge in [-0.2, -0.15) is 4.40 Å². The number of nitrogens with zero attached hydrogens (tertiary/aromatic N) is 2. The van der Waals surface area contributed by atoms with Crippen molar-refractivity contribution in [1.29, 1.82) is 0 Å². The van der Waals surface area contributed by atoms with Gasteiger partial charge in [0.25, 0.3) is 5.65 Å². The molecule has 0 atom stereocenters. The van der Waals surface area contributed by atoms with Crippen LogP contribution < -0.4 is 4.57 Å². The Kier molecular flexibility index (Phi) is 6.04. The Morgan fingerprint density at radius 1 is 0.775 bits per heavy atom. The third-order valence-electron chi connectivity index (χ3n) is 10.3. The monoisotopic (exact) mass is 531 g/mol. The lowest BCUT2D eigenvalue weighted by Gasteiger charge is -2.43. The second-order valence-electron chi connectivity index (χ2n) is 14.5. The number of pyridine rings is 1. The van der Waals surface area contributed by atoms with E-state index in [1.165, 1.54) is 72.1 Å². The molecule has 0 aliphatic carbocycles. The molecule has 3 heterocycles. The van der Waals surface area contributed by atoms with E-state index in [0.29, 0.717) is 11.8 Å². The van der Waals surface area contributed by atoms with Gasteiger partial charge >= 0.3 is 0 Å². The van der Waals surface area contributed by atoms with Crippen LogP contribution in [0.1, 0.15) is 88.9 Å². The lowest BCUT2D eigenvalue weighted by molar-refractivity contribution is -0.632. The van der Waals surface area contributed by atoms with Crippen LogP contribution in [0.25, 0.3) is 38.6 Å². The van der Waals surface area contributed by atoms with Crippen LogP contribution in [0.4, 0.5) is 0 Å². The molecule has 5 aromatic rings. The first-order valence-corrected chi connectivity index (χ1v) is 15.3. The summed E-state index contributed by atoms with van der Waals surface area (Å²) in [6.45, 7) is 23.8. The van der Waals surface area contributed by atoms with Gasteiger partial charge in [0.1, 0.15) is 5.52 Å². The highest BCUT2D eigenvalue weighted by Crippen LogP contribution is 2.53. The van der Waals surface area contributed by atoms with Crippen LogP contribution in [-0.4, -0.2) is 4.40 Å². The lowest BCUT2D eigenvalue weighted by atomic mass is 9.60. The van der Waals surface area contributed by atoms with Gasteiger partial charge in [-0.1, -0.05) is 91.8 Å². The molecule has 0 radical (unpaired) electrons. The van der Waals surface area contributed by atoms with Crippen molar-refractivity contribution < 1.29 is 4.57 Å². The number of rotatable bonds is 5. The zero-order chi connectivity index (χ0) is 28.9. The highest BCUT2D eigenvalue weighted by molar-refractivity contribution is 6.14. The summed E-state index contributed by atoms with van der Waals surface area (Å²) >= 11 is 0. The van der Waals surface area contributed by atoms with Crippen molar-refractivity contribution >= 4 is 27.3 Å². The van der Waals surface area contributed by atoms with E-state index in [2.05, 4.69) is 134 Å². The first-order valence-electron chi connectivity index (χ1n) is 15.3. The van der Waals surface area contributed by atoms with E-state index < -0.39 is 0 Å². The summed E-state index contributed by atoms with van der Waals surface area (Å²) in [7, 11) is 2.31. The second kappa shape index (κ2) is 8.93. The summed E-state index contributed by atoms with van der Waals surface area (Å²) in [4.78, 5) is 0. The van der Waals surface area contributed by atoms with Gasteiger partial charge in [0, 0.05) is 32.7 Å². The third kappa shape index (κ3) is 3.64. The Hall–Kier alpha value is -3.13. The van der Waals surface area contributed by atoms with Crippen LogP contribution in [0.2, 0.25) is 0 Å². The number of aromatic nitrogens is 2. The van der Waals surface area contributed by atoms with Crippen molar-refractivity contribution in [2.75, 3.05) is 0 Å². The molecule has 0 unspecified atom stereocenters. The van der Waals surface area contributed by atoms with E-state index in [-0.39, 0.29) is 10.8 Å². The Balaban J connectivity index is 1.87. The van der Waals surface area contributed by atoms with E-state index in [0.717, 1.165) is 12.8 Å². The first-order chi connectivity index (χ1) is 18.8. The van der Waals surface area contributed by atoms with Gasteiger partial charge in [0.2, 0.25) is 0 Å². The lowest BCUT2D eigenvalue weighted by Crippen LogP contribution is -2.44. The van der Waals surface area contributed by atoms with Crippen molar-refractivity contribution in [2.24, 2.45) is 18.9 Å². The molecule has 0 bridgehead atoms. The topological polar surface area (TPSA) is 8.29 Å². The maximum Gasteiger partial charge on any atom is 0.295 e. The summed E-state index contributed by atoms with van der Waals surface area (Å²) in [5.74, 6) is 1.25. The zero-order valence-electron chi connectivity index (χ0n) is 26.6. The molecule has 1 aliphatic heterocycles. The molecule has 2 aromatic heterocycles. The molecular formula is C38H47N2+. The molecular weight excluding hydrogens is 484 g/mol. The van der Waals surface area contributed by atoms with E-state index in [9.17, 15) is 0 Å².